The van der Waals surface area contributed by atoms with E-state index in [1.165, 1.54) is 4.90 Å². The monoisotopic (exact) mass is 300 g/mol. The summed E-state index contributed by atoms with van der Waals surface area (Å²) >= 11 is 11.8. The number of hydrogen-bond donors (Lipinski definition) is 1. The molecule has 1 unspecified atom stereocenters. The average Bonchev–Trinajstić information content (AvgIpc) is 2.37. The molecule has 1 saturated heterocycles. The summed E-state index contributed by atoms with van der Waals surface area (Å²) in [6, 6.07) is 4.45. The number of amides is 2. The van der Waals surface area contributed by atoms with Gasteiger partial charge >= 0.3 is 0 Å². The lowest BCUT2D eigenvalue weighted by Crippen LogP contribution is -2.58. The van der Waals surface area contributed by atoms with E-state index in [1.807, 2.05) is 6.92 Å². The fourth-order valence-corrected chi connectivity index (χ4v) is 2.36. The minimum Gasteiger partial charge on any atom is -0.343 e. The van der Waals surface area contributed by atoms with Gasteiger partial charge in [-0.1, -0.05) is 36.5 Å². The Morgan fingerprint density at radius 3 is 2.68 bits per heavy atom. The highest BCUT2D eigenvalue weighted by Gasteiger charge is 2.32. The number of carbonyl (C=O) groups excluding carboxylic acids is 2. The van der Waals surface area contributed by atoms with E-state index >= 15 is 0 Å². The summed E-state index contributed by atoms with van der Waals surface area (Å²) in [6.45, 7) is 1.98. The number of rotatable bonds is 3. The molecule has 19 heavy (non-hydrogen) atoms. The first-order valence-electron chi connectivity index (χ1n) is 6.08. The Balaban J connectivity index is 2.28. The SMILES string of the molecule is CCCC1NC(=O)CN(c2ccc(Cl)c(Cl)c2)C1=O. The van der Waals surface area contributed by atoms with Crippen LogP contribution in [0.3, 0.4) is 0 Å². The normalized spacial score (nSPS) is 19.5. The number of benzene rings is 1. The summed E-state index contributed by atoms with van der Waals surface area (Å²) in [6.07, 6.45) is 1.45. The Bertz CT molecular complexity index is 519. The third-order valence-electron chi connectivity index (χ3n) is 2.99. The van der Waals surface area contributed by atoms with Crippen LogP contribution in [0.1, 0.15) is 19.8 Å². The minimum atomic E-state index is -0.458. The number of nitrogens with one attached hydrogen (secondary N) is 1. The van der Waals surface area contributed by atoms with Crippen molar-refractivity contribution in [1.82, 2.24) is 5.32 Å². The van der Waals surface area contributed by atoms with Gasteiger partial charge in [0.15, 0.2) is 0 Å². The largest absolute Gasteiger partial charge is 0.343 e. The number of hydrogen-bond acceptors (Lipinski definition) is 2. The second kappa shape index (κ2) is 5.80. The van der Waals surface area contributed by atoms with Gasteiger partial charge in [0.1, 0.15) is 12.6 Å². The molecule has 1 fully saturated rings. The van der Waals surface area contributed by atoms with Gasteiger partial charge in [-0.15, -0.1) is 0 Å². The lowest BCUT2D eigenvalue weighted by atomic mass is 10.1. The molecule has 0 spiro atoms. The van der Waals surface area contributed by atoms with Crippen LogP contribution in [0.2, 0.25) is 10.0 Å². The van der Waals surface area contributed by atoms with Crippen LogP contribution < -0.4 is 10.2 Å². The van der Waals surface area contributed by atoms with Gasteiger partial charge in [0.25, 0.3) is 0 Å². The number of piperazine rings is 1. The van der Waals surface area contributed by atoms with E-state index in [0.29, 0.717) is 22.2 Å². The molecule has 0 aliphatic carbocycles. The predicted octanol–water partition coefficient (Wildman–Crippen LogP) is 2.62. The van der Waals surface area contributed by atoms with Crippen molar-refractivity contribution in [3.63, 3.8) is 0 Å². The van der Waals surface area contributed by atoms with Gasteiger partial charge in [-0.3, -0.25) is 9.59 Å². The number of carbonyl (C=O) groups is 2. The molecule has 0 bridgehead atoms. The Morgan fingerprint density at radius 2 is 2.05 bits per heavy atom. The maximum absolute atomic E-state index is 12.3. The van der Waals surface area contributed by atoms with E-state index in [0.717, 1.165) is 6.42 Å². The summed E-state index contributed by atoms with van der Waals surface area (Å²) in [5.41, 5.74) is 0.593. The van der Waals surface area contributed by atoms with Crippen LogP contribution in [0.15, 0.2) is 18.2 Å². The molecule has 1 aromatic rings. The fraction of sp³-hybridized carbons (Fsp3) is 0.385. The van der Waals surface area contributed by atoms with E-state index in [4.69, 9.17) is 23.2 Å². The summed E-state index contributed by atoms with van der Waals surface area (Å²) in [4.78, 5) is 25.4. The van der Waals surface area contributed by atoms with Crippen LogP contribution in [-0.4, -0.2) is 24.4 Å². The number of nitrogens with zero attached hydrogens (tertiary/aromatic N) is 1. The minimum absolute atomic E-state index is 0.0109. The van der Waals surface area contributed by atoms with Gasteiger partial charge in [0.05, 0.1) is 10.0 Å². The van der Waals surface area contributed by atoms with E-state index in [-0.39, 0.29) is 18.4 Å². The van der Waals surface area contributed by atoms with Gasteiger partial charge < -0.3 is 10.2 Å². The first-order valence-corrected chi connectivity index (χ1v) is 6.84. The summed E-state index contributed by atoms with van der Waals surface area (Å²) < 4.78 is 0. The van der Waals surface area contributed by atoms with E-state index in [2.05, 4.69) is 5.32 Å². The Labute approximate surface area is 121 Å². The van der Waals surface area contributed by atoms with Crippen LogP contribution in [0.25, 0.3) is 0 Å². The van der Waals surface area contributed by atoms with Crippen molar-refractivity contribution >= 4 is 40.7 Å². The van der Waals surface area contributed by atoms with Crippen LogP contribution in [0, 0.1) is 0 Å². The molecular weight excluding hydrogens is 287 g/mol. The first kappa shape index (κ1) is 14.2. The van der Waals surface area contributed by atoms with Gasteiger partial charge in [0.2, 0.25) is 11.8 Å². The average molecular weight is 301 g/mol. The quantitative estimate of drug-likeness (QED) is 0.933. The van der Waals surface area contributed by atoms with Crippen molar-refractivity contribution in [2.24, 2.45) is 0 Å². The summed E-state index contributed by atoms with van der Waals surface area (Å²) in [7, 11) is 0. The molecule has 4 nitrogen and oxygen atoms in total. The lowest BCUT2D eigenvalue weighted by Gasteiger charge is -2.32. The highest BCUT2D eigenvalue weighted by atomic mass is 35.5. The first-order chi connectivity index (χ1) is 9.02. The summed E-state index contributed by atoms with van der Waals surface area (Å²) in [5.74, 6) is -0.274. The van der Waals surface area contributed by atoms with E-state index in [1.54, 1.807) is 18.2 Å². The molecule has 1 N–H and O–H groups in total. The summed E-state index contributed by atoms with van der Waals surface area (Å²) in [5, 5.41) is 3.49. The molecule has 0 saturated carbocycles. The molecule has 0 aromatic heterocycles. The highest BCUT2D eigenvalue weighted by molar-refractivity contribution is 6.42. The molecule has 1 aliphatic heterocycles. The molecule has 6 heteroatoms. The molecule has 1 heterocycles. The number of anilines is 1. The topological polar surface area (TPSA) is 49.4 Å². The molecule has 0 radical (unpaired) electrons. The second-order valence-electron chi connectivity index (χ2n) is 4.43. The third kappa shape index (κ3) is 3.01. The van der Waals surface area contributed by atoms with E-state index < -0.39 is 6.04 Å². The van der Waals surface area contributed by atoms with Gasteiger partial charge in [-0.2, -0.15) is 0 Å². The highest BCUT2D eigenvalue weighted by Crippen LogP contribution is 2.28. The Kier molecular flexibility index (Phi) is 4.32. The fourth-order valence-electron chi connectivity index (χ4n) is 2.07. The van der Waals surface area contributed by atoms with Crippen molar-refractivity contribution in [2.45, 2.75) is 25.8 Å². The molecule has 1 aromatic carbocycles. The second-order valence-corrected chi connectivity index (χ2v) is 5.25. The van der Waals surface area contributed by atoms with Crippen LogP contribution in [-0.2, 0) is 9.59 Å². The van der Waals surface area contributed by atoms with Gasteiger partial charge in [0, 0.05) is 5.69 Å². The molecule has 1 aliphatic rings. The number of halogens is 2. The van der Waals surface area contributed by atoms with Crippen LogP contribution >= 0.6 is 23.2 Å². The lowest BCUT2D eigenvalue weighted by molar-refractivity contribution is -0.131. The Hall–Kier alpha value is -1.26. The van der Waals surface area contributed by atoms with Crippen LogP contribution in [0.4, 0.5) is 5.69 Å². The van der Waals surface area contributed by atoms with Gasteiger partial charge in [-0.05, 0) is 24.6 Å². The maximum Gasteiger partial charge on any atom is 0.250 e. The zero-order valence-electron chi connectivity index (χ0n) is 10.5. The van der Waals surface area contributed by atoms with Gasteiger partial charge in [-0.25, -0.2) is 0 Å². The van der Waals surface area contributed by atoms with Crippen molar-refractivity contribution in [1.29, 1.82) is 0 Å². The molecule has 2 amide bonds. The zero-order valence-corrected chi connectivity index (χ0v) is 12.0. The van der Waals surface area contributed by atoms with Crippen molar-refractivity contribution < 1.29 is 9.59 Å². The molecule has 1 atom stereocenters. The van der Waals surface area contributed by atoms with Crippen LogP contribution in [0.5, 0.6) is 0 Å². The van der Waals surface area contributed by atoms with Crippen molar-refractivity contribution in [2.75, 3.05) is 11.4 Å². The maximum atomic E-state index is 12.3. The van der Waals surface area contributed by atoms with Crippen molar-refractivity contribution in [3.05, 3.63) is 28.2 Å². The standard InChI is InChI=1S/C13H14Cl2N2O2/c1-2-3-11-13(19)17(7-12(18)16-11)8-4-5-9(14)10(15)6-8/h4-6,11H,2-3,7H2,1H3,(H,16,18). The zero-order chi connectivity index (χ0) is 14.0. The molecule has 2 rings (SSSR count). The Morgan fingerprint density at radius 1 is 1.32 bits per heavy atom. The predicted molar refractivity (Wildman–Crippen MR) is 75.7 cm³/mol. The van der Waals surface area contributed by atoms with Crippen molar-refractivity contribution in [3.8, 4) is 0 Å². The third-order valence-corrected chi connectivity index (χ3v) is 3.73. The van der Waals surface area contributed by atoms with E-state index in [9.17, 15) is 9.59 Å². The smallest absolute Gasteiger partial charge is 0.250 e. The molecule has 102 valence electrons. The molecular formula is C13H14Cl2N2O2.